The molecule has 0 aromatic rings. The van der Waals surface area contributed by atoms with Crippen LogP contribution in [0.4, 0.5) is 0 Å². The highest BCUT2D eigenvalue weighted by atomic mass is 16.6. The third-order valence-electron chi connectivity index (χ3n) is 9.54. The quantitative estimate of drug-likeness (QED) is 0.0200. The molecule has 0 aliphatic rings. The lowest BCUT2D eigenvalue weighted by Gasteiger charge is -2.18. The number of esters is 3. The van der Waals surface area contributed by atoms with E-state index in [9.17, 15) is 14.4 Å². The summed E-state index contributed by atoms with van der Waals surface area (Å²) in [4.78, 5) is 37.9. The van der Waals surface area contributed by atoms with Crippen molar-refractivity contribution in [2.75, 3.05) is 13.2 Å². The molecule has 0 N–H and O–H groups in total. The third kappa shape index (κ3) is 48.2. The van der Waals surface area contributed by atoms with Crippen LogP contribution in [0.5, 0.6) is 0 Å². The summed E-state index contributed by atoms with van der Waals surface area (Å²) in [5.41, 5.74) is 0. The van der Waals surface area contributed by atoms with Gasteiger partial charge in [-0.25, -0.2) is 0 Å². The van der Waals surface area contributed by atoms with Crippen molar-refractivity contribution in [3.8, 4) is 0 Å². The standard InChI is InChI=1S/C57H86O6/c1-4-7-10-13-16-19-22-25-26-27-28-29-30-33-35-38-41-44-47-50-56(59)62-53-54(63-57(60)51-48-45-42-39-36-32-24-21-18-15-12-9-6-3)52-61-55(58)49-46-43-40-37-34-31-23-20-17-14-11-8-5-2/h7-12,14-21,23-26,31-32,34,36,39,42,54H,4-6,13,22,27-30,33,35,37-38,40-41,43-53H2,1-3H3/b10-7-,11-8-,12-9-,17-14-,18-15-,19-16-,23-20-,24-21-,26-25-,34-31-,36-32-,42-39-. The van der Waals surface area contributed by atoms with Gasteiger partial charge in [-0.3, -0.25) is 14.4 Å². The van der Waals surface area contributed by atoms with E-state index in [4.69, 9.17) is 14.2 Å². The van der Waals surface area contributed by atoms with E-state index >= 15 is 0 Å². The molecule has 0 aliphatic heterocycles. The number of rotatable bonds is 41. The molecule has 0 radical (unpaired) electrons. The molecule has 0 heterocycles. The Hall–Kier alpha value is -4.71. The number of hydrogen-bond donors (Lipinski definition) is 0. The SMILES string of the molecule is CC\C=C/C=C\C=C/C=C\C=C/CCCC(=O)OC(COC(=O)CCCCC\C=C/C=C\C=C/C=C\CC)COC(=O)CCCCCCCCCCC/C=C\C/C=C\C/C=C\CC. The van der Waals surface area contributed by atoms with Gasteiger partial charge in [0, 0.05) is 19.3 Å². The average Bonchev–Trinajstić information content (AvgIpc) is 3.28. The van der Waals surface area contributed by atoms with Crippen molar-refractivity contribution >= 4 is 17.9 Å². The zero-order valence-electron chi connectivity index (χ0n) is 39.8. The van der Waals surface area contributed by atoms with Crippen LogP contribution in [0.25, 0.3) is 0 Å². The molecule has 63 heavy (non-hydrogen) atoms. The zero-order chi connectivity index (χ0) is 45.8. The van der Waals surface area contributed by atoms with Crippen LogP contribution in [0, 0.1) is 0 Å². The Labute approximate surface area is 385 Å². The van der Waals surface area contributed by atoms with Gasteiger partial charge in [0.1, 0.15) is 13.2 Å². The van der Waals surface area contributed by atoms with Gasteiger partial charge >= 0.3 is 17.9 Å². The molecule has 0 bridgehead atoms. The van der Waals surface area contributed by atoms with Crippen molar-refractivity contribution < 1.29 is 28.6 Å². The molecule has 0 aromatic carbocycles. The Bertz CT molecular complexity index is 1460. The third-order valence-corrected chi connectivity index (χ3v) is 9.54. The Morgan fingerprint density at radius 3 is 1.14 bits per heavy atom. The Morgan fingerprint density at radius 2 is 0.667 bits per heavy atom. The first kappa shape index (κ1) is 58.3. The summed E-state index contributed by atoms with van der Waals surface area (Å²) in [5.74, 6) is -1.06. The number of unbranched alkanes of at least 4 members (excludes halogenated alkanes) is 13. The highest BCUT2D eigenvalue weighted by Gasteiger charge is 2.19. The predicted octanol–water partition coefficient (Wildman–Crippen LogP) is 16.1. The number of carbonyl (C=O) groups excluding carboxylic acids is 3. The van der Waals surface area contributed by atoms with E-state index in [2.05, 4.69) is 75.5 Å². The largest absolute Gasteiger partial charge is 0.462 e. The van der Waals surface area contributed by atoms with E-state index in [1.165, 1.54) is 38.5 Å². The second-order valence-corrected chi connectivity index (χ2v) is 15.4. The van der Waals surface area contributed by atoms with Gasteiger partial charge in [0.15, 0.2) is 6.10 Å². The number of allylic oxidation sites excluding steroid dienone is 24. The van der Waals surface area contributed by atoms with E-state index in [0.29, 0.717) is 19.3 Å². The topological polar surface area (TPSA) is 78.9 Å². The molecular formula is C57H86O6. The molecule has 0 rings (SSSR count). The highest BCUT2D eigenvalue weighted by molar-refractivity contribution is 5.71. The van der Waals surface area contributed by atoms with Crippen LogP contribution in [-0.4, -0.2) is 37.2 Å². The minimum Gasteiger partial charge on any atom is -0.462 e. The molecule has 350 valence electrons. The lowest BCUT2D eigenvalue weighted by atomic mass is 10.1. The highest BCUT2D eigenvalue weighted by Crippen LogP contribution is 2.13. The maximum Gasteiger partial charge on any atom is 0.306 e. The second kappa shape index (κ2) is 49.9. The van der Waals surface area contributed by atoms with Crippen LogP contribution in [0.2, 0.25) is 0 Å². The molecule has 0 aliphatic carbocycles. The van der Waals surface area contributed by atoms with Crippen LogP contribution in [0.15, 0.2) is 146 Å². The minimum atomic E-state index is -0.839. The molecule has 6 heteroatoms. The summed E-state index contributed by atoms with van der Waals surface area (Å²) < 4.78 is 16.6. The minimum absolute atomic E-state index is 0.129. The zero-order valence-corrected chi connectivity index (χ0v) is 39.8. The van der Waals surface area contributed by atoms with Gasteiger partial charge in [-0.1, -0.05) is 218 Å². The molecule has 0 fully saturated rings. The van der Waals surface area contributed by atoms with Crippen LogP contribution in [0.1, 0.15) is 175 Å². The first-order valence-corrected chi connectivity index (χ1v) is 24.5. The van der Waals surface area contributed by atoms with E-state index < -0.39 is 12.1 Å². The summed E-state index contributed by atoms with van der Waals surface area (Å²) in [6, 6.07) is 0. The van der Waals surface area contributed by atoms with Gasteiger partial charge in [-0.05, 0) is 83.5 Å². The first-order chi connectivity index (χ1) is 31.0. The summed E-state index contributed by atoms with van der Waals surface area (Å²) >= 11 is 0. The maximum absolute atomic E-state index is 12.7. The van der Waals surface area contributed by atoms with Crippen molar-refractivity contribution in [1.82, 2.24) is 0 Å². The van der Waals surface area contributed by atoms with Crippen LogP contribution in [0.3, 0.4) is 0 Å². The van der Waals surface area contributed by atoms with Crippen molar-refractivity contribution in [3.63, 3.8) is 0 Å². The summed E-state index contributed by atoms with van der Waals surface area (Å²) in [6.07, 6.45) is 71.3. The van der Waals surface area contributed by atoms with Crippen LogP contribution >= 0.6 is 0 Å². The molecule has 0 amide bonds. The fraction of sp³-hybridized carbons (Fsp3) is 0.526. The van der Waals surface area contributed by atoms with E-state index in [1.54, 1.807) is 0 Å². The average molecular weight is 867 g/mol. The lowest BCUT2D eigenvalue weighted by Crippen LogP contribution is -2.30. The second-order valence-electron chi connectivity index (χ2n) is 15.4. The Balaban J connectivity index is 4.53. The van der Waals surface area contributed by atoms with Gasteiger partial charge < -0.3 is 14.2 Å². The van der Waals surface area contributed by atoms with Crippen molar-refractivity contribution in [1.29, 1.82) is 0 Å². The van der Waals surface area contributed by atoms with E-state index in [1.807, 2.05) is 91.1 Å². The van der Waals surface area contributed by atoms with Gasteiger partial charge in [0.2, 0.25) is 0 Å². The van der Waals surface area contributed by atoms with Crippen molar-refractivity contribution in [3.05, 3.63) is 146 Å². The smallest absolute Gasteiger partial charge is 0.306 e. The molecule has 1 atom stereocenters. The lowest BCUT2D eigenvalue weighted by molar-refractivity contribution is -0.167. The number of hydrogen-bond acceptors (Lipinski definition) is 6. The molecule has 0 spiro atoms. The first-order valence-electron chi connectivity index (χ1n) is 24.5. The summed E-state index contributed by atoms with van der Waals surface area (Å²) in [7, 11) is 0. The summed E-state index contributed by atoms with van der Waals surface area (Å²) in [5, 5.41) is 0. The van der Waals surface area contributed by atoms with Crippen molar-refractivity contribution in [2.45, 2.75) is 181 Å². The van der Waals surface area contributed by atoms with Gasteiger partial charge in [-0.15, -0.1) is 0 Å². The van der Waals surface area contributed by atoms with Crippen LogP contribution in [-0.2, 0) is 28.6 Å². The van der Waals surface area contributed by atoms with E-state index in [-0.39, 0.29) is 38.0 Å². The van der Waals surface area contributed by atoms with Crippen molar-refractivity contribution in [2.24, 2.45) is 0 Å². The molecule has 1 unspecified atom stereocenters. The summed E-state index contributed by atoms with van der Waals surface area (Å²) in [6.45, 7) is 6.11. The van der Waals surface area contributed by atoms with E-state index in [0.717, 1.165) is 83.5 Å². The Morgan fingerprint density at radius 1 is 0.333 bits per heavy atom. The molecule has 0 saturated carbocycles. The predicted molar refractivity (Wildman–Crippen MR) is 269 cm³/mol. The van der Waals surface area contributed by atoms with Gasteiger partial charge in [0.25, 0.3) is 0 Å². The maximum atomic E-state index is 12.7. The number of carbonyl (C=O) groups is 3. The van der Waals surface area contributed by atoms with Gasteiger partial charge in [-0.2, -0.15) is 0 Å². The molecule has 0 saturated heterocycles. The van der Waals surface area contributed by atoms with Gasteiger partial charge in [0.05, 0.1) is 0 Å². The fourth-order valence-electron chi connectivity index (χ4n) is 5.97. The monoisotopic (exact) mass is 867 g/mol. The molecule has 6 nitrogen and oxygen atoms in total. The number of ether oxygens (including phenoxy) is 3. The van der Waals surface area contributed by atoms with Crippen LogP contribution < -0.4 is 0 Å². The fourth-order valence-corrected chi connectivity index (χ4v) is 5.97. The normalized spacial score (nSPS) is 13.4. The molecular weight excluding hydrogens is 781 g/mol. The Kier molecular flexibility index (Phi) is 46.2. The molecule has 0 aromatic heterocycles.